The van der Waals surface area contributed by atoms with Gasteiger partial charge in [-0.2, -0.15) is 0 Å². The van der Waals surface area contributed by atoms with Crippen molar-refractivity contribution in [3.8, 4) is 0 Å². The third kappa shape index (κ3) is 11.1. The van der Waals surface area contributed by atoms with Crippen molar-refractivity contribution < 1.29 is 23.9 Å². The number of ether oxygens (including phenoxy) is 2. The molecule has 0 heterocycles. The van der Waals surface area contributed by atoms with Crippen molar-refractivity contribution in [2.45, 2.75) is 20.3 Å². The van der Waals surface area contributed by atoms with Gasteiger partial charge in [-0.15, -0.1) is 0 Å². The molecular weight excluding hydrogens is 198 g/mol. The van der Waals surface area contributed by atoms with E-state index in [-0.39, 0.29) is 0 Å². The standard InChI is InChI=1S/C8H20NO.C2H4O3/c1-5-7-9(3,6-2)8-10-4;1-5-2(3)4/h5-8H2,1-4H3;1H3,(H,3,4)/q+1;/p-1. The van der Waals surface area contributed by atoms with Crippen LogP contribution in [0.3, 0.4) is 0 Å². The minimum Gasteiger partial charge on any atom is -0.553 e. The van der Waals surface area contributed by atoms with Gasteiger partial charge in [0.1, 0.15) is 0 Å². The molecule has 0 bridgehead atoms. The van der Waals surface area contributed by atoms with Crippen LogP contribution < -0.4 is 5.11 Å². The molecule has 0 saturated heterocycles. The summed E-state index contributed by atoms with van der Waals surface area (Å²) >= 11 is 0. The summed E-state index contributed by atoms with van der Waals surface area (Å²) in [4.78, 5) is 9.03. The van der Waals surface area contributed by atoms with E-state index in [4.69, 9.17) is 14.6 Å². The lowest BCUT2D eigenvalue weighted by Crippen LogP contribution is -2.45. The van der Waals surface area contributed by atoms with Gasteiger partial charge in [-0.3, -0.25) is 0 Å². The first-order valence-electron chi connectivity index (χ1n) is 5.03. The molecule has 0 rings (SSSR count). The molecule has 0 aliphatic heterocycles. The molecule has 0 spiro atoms. The third-order valence-electron chi connectivity index (χ3n) is 2.13. The fraction of sp³-hybridized carbons (Fsp3) is 0.900. The number of quaternary nitrogens is 1. The van der Waals surface area contributed by atoms with Gasteiger partial charge in [0.05, 0.1) is 20.1 Å². The van der Waals surface area contributed by atoms with E-state index in [0.717, 1.165) is 24.9 Å². The number of carboxylic acid groups (broad SMARTS) is 1. The summed E-state index contributed by atoms with van der Waals surface area (Å²) < 4.78 is 9.71. The summed E-state index contributed by atoms with van der Waals surface area (Å²) in [6, 6.07) is 0. The molecular formula is C10H23NO4. The van der Waals surface area contributed by atoms with Gasteiger partial charge >= 0.3 is 0 Å². The zero-order chi connectivity index (χ0) is 12.3. The molecule has 5 nitrogen and oxygen atoms in total. The lowest BCUT2D eigenvalue weighted by molar-refractivity contribution is -0.925. The summed E-state index contributed by atoms with van der Waals surface area (Å²) in [6.45, 7) is 7.62. The van der Waals surface area contributed by atoms with Gasteiger partial charge in [-0.25, -0.2) is 0 Å². The Hall–Kier alpha value is -0.810. The molecule has 92 valence electrons. The second-order valence-electron chi connectivity index (χ2n) is 3.53. The van der Waals surface area contributed by atoms with Crippen molar-refractivity contribution in [3.05, 3.63) is 0 Å². The van der Waals surface area contributed by atoms with Gasteiger partial charge in [-0.1, -0.05) is 6.92 Å². The molecule has 0 aliphatic carbocycles. The average Bonchev–Trinajstić information content (AvgIpc) is 2.19. The lowest BCUT2D eigenvalue weighted by atomic mass is 10.4. The first kappa shape index (κ1) is 16.6. The Bertz CT molecular complexity index is 156. The minimum absolute atomic E-state index is 0.838. The second kappa shape index (κ2) is 9.73. The second-order valence-corrected chi connectivity index (χ2v) is 3.53. The maximum absolute atomic E-state index is 9.03. The number of hydrogen-bond donors (Lipinski definition) is 0. The number of rotatable bonds is 5. The SMILES string of the molecule is CCC[N+](C)(CC)COC.COC(=O)[O-]. The number of hydrogen-bond acceptors (Lipinski definition) is 4. The van der Waals surface area contributed by atoms with Crippen molar-refractivity contribution >= 4 is 6.16 Å². The van der Waals surface area contributed by atoms with E-state index in [1.807, 2.05) is 0 Å². The molecule has 1 unspecified atom stereocenters. The van der Waals surface area contributed by atoms with E-state index in [1.165, 1.54) is 13.0 Å². The molecule has 5 heteroatoms. The fourth-order valence-corrected chi connectivity index (χ4v) is 1.17. The van der Waals surface area contributed by atoms with E-state index in [0.29, 0.717) is 0 Å². The zero-order valence-electron chi connectivity index (χ0n) is 10.4. The largest absolute Gasteiger partial charge is 0.553 e. The summed E-state index contributed by atoms with van der Waals surface area (Å²) in [5.74, 6) is 0. The summed E-state index contributed by atoms with van der Waals surface area (Å²) in [5, 5.41) is 9.03. The van der Waals surface area contributed by atoms with E-state index < -0.39 is 6.16 Å². The molecule has 1 atom stereocenters. The molecule has 0 N–H and O–H groups in total. The Labute approximate surface area is 92.2 Å². The molecule has 0 radical (unpaired) electrons. The van der Waals surface area contributed by atoms with E-state index in [1.54, 1.807) is 7.11 Å². The smallest absolute Gasteiger partial charge is 0.251 e. The Morgan fingerprint density at radius 2 is 1.80 bits per heavy atom. The highest BCUT2D eigenvalue weighted by atomic mass is 16.6. The summed E-state index contributed by atoms with van der Waals surface area (Å²) in [5.41, 5.74) is 0. The molecule has 0 aromatic rings. The molecule has 0 fully saturated rings. The van der Waals surface area contributed by atoms with E-state index >= 15 is 0 Å². The predicted molar refractivity (Wildman–Crippen MR) is 56.2 cm³/mol. The highest BCUT2D eigenvalue weighted by Gasteiger charge is 2.16. The van der Waals surface area contributed by atoms with Gasteiger partial charge in [0.2, 0.25) is 0 Å². The van der Waals surface area contributed by atoms with Crippen LogP contribution in [-0.4, -0.2) is 51.7 Å². The van der Waals surface area contributed by atoms with Crippen LogP contribution in [0.5, 0.6) is 0 Å². The zero-order valence-corrected chi connectivity index (χ0v) is 10.4. The number of nitrogens with zero attached hydrogens (tertiary/aromatic N) is 1. The minimum atomic E-state index is -1.50. The van der Waals surface area contributed by atoms with Crippen LogP contribution in [0.15, 0.2) is 0 Å². The van der Waals surface area contributed by atoms with Crippen LogP contribution in [0.4, 0.5) is 4.79 Å². The Kier molecular flexibility index (Phi) is 10.8. The predicted octanol–water partition coefficient (Wildman–Crippen LogP) is 0.443. The number of methoxy groups -OCH3 is 2. The van der Waals surface area contributed by atoms with Crippen LogP contribution >= 0.6 is 0 Å². The normalized spacial score (nSPS) is 13.4. The van der Waals surface area contributed by atoms with Crippen LogP contribution in [0.2, 0.25) is 0 Å². The third-order valence-corrected chi connectivity index (χ3v) is 2.13. The first-order valence-corrected chi connectivity index (χ1v) is 5.03. The average molecular weight is 221 g/mol. The van der Waals surface area contributed by atoms with E-state index in [2.05, 4.69) is 25.6 Å². The lowest BCUT2D eigenvalue weighted by Gasteiger charge is -2.31. The monoisotopic (exact) mass is 221 g/mol. The van der Waals surface area contributed by atoms with Gasteiger partial charge in [-0.05, 0) is 13.3 Å². The highest BCUT2D eigenvalue weighted by Crippen LogP contribution is 2.02. The molecule has 15 heavy (non-hydrogen) atoms. The van der Waals surface area contributed by atoms with Crippen molar-refractivity contribution in [1.82, 2.24) is 0 Å². The Morgan fingerprint density at radius 3 is 2.00 bits per heavy atom. The Morgan fingerprint density at radius 1 is 1.33 bits per heavy atom. The maximum atomic E-state index is 9.03. The van der Waals surface area contributed by atoms with Crippen LogP contribution in [0.25, 0.3) is 0 Å². The van der Waals surface area contributed by atoms with Crippen LogP contribution in [0.1, 0.15) is 20.3 Å². The van der Waals surface area contributed by atoms with Crippen molar-refractivity contribution in [2.75, 3.05) is 41.1 Å². The van der Waals surface area contributed by atoms with Crippen molar-refractivity contribution in [2.24, 2.45) is 0 Å². The molecule has 0 amide bonds. The molecule has 0 aromatic carbocycles. The first-order chi connectivity index (χ1) is 6.95. The van der Waals surface area contributed by atoms with Crippen LogP contribution in [-0.2, 0) is 9.47 Å². The van der Waals surface area contributed by atoms with Gasteiger partial charge in [0.15, 0.2) is 6.73 Å². The number of carbonyl (C=O) groups excluding carboxylic acids is 1. The van der Waals surface area contributed by atoms with Crippen molar-refractivity contribution in [1.29, 1.82) is 0 Å². The Balaban J connectivity index is 0. The summed E-state index contributed by atoms with van der Waals surface area (Å²) in [6.07, 6.45) is -0.266. The van der Waals surface area contributed by atoms with Gasteiger partial charge in [0.25, 0.3) is 6.16 Å². The molecule has 0 aromatic heterocycles. The van der Waals surface area contributed by atoms with E-state index in [9.17, 15) is 0 Å². The fourth-order valence-electron chi connectivity index (χ4n) is 1.17. The van der Waals surface area contributed by atoms with Crippen molar-refractivity contribution in [3.63, 3.8) is 0 Å². The summed E-state index contributed by atoms with van der Waals surface area (Å²) in [7, 11) is 5.03. The highest BCUT2D eigenvalue weighted by molar-refractivity contribution is 5.53. The van der Waals surface area contributed by atoms with Gasteiger partial charge in [0, 0.05) is 14.2 Å². The molecule has 0 saturated carbocycles. The quantitative estimate of drug-likeness (QED) is 0.384. The topological polar surface area (TPSA) is 58.6 Å². The number of carbonyl (C=O) groups is 1. The molecule has 0 aliphatic rings. The maximum Gasteiger partial charge on any atom is 0.251 e. The van der Waals surface area contributed by atoms with Crippen LogP contribution in [0, 0.1) is 0 Å². The van der Waals surface area contributed by atoms with Gasteiger partial charge < -0.3 is 23.9 Å².